The van der Waals surface area contributed by atoms with Crippen molar-refractivity contribution in [2.45, 2.75) is 53.1 Å². The van der Waals surface area contributed by atoms with Crippen molar-refractivity contribution in [2.75, 3.05) is 6.54 Å². The summed E-state index contributed by atoms with van der Waals surface area (Å²) < 4.78 is 2.23. The summed E-state index contributed by atoms with van der Waals surface area (Å²) in [7, 11) is 0. The maximum Gasteiger partial charge on any atom is 0.122 e. The maximum absolute atomic E-state index is 4.37. The highest BCUT2D eigenvalue weighted by Crippen LogP contribution is 2.03. The van der Waals surface area contributed by atoms with Crippen molar-refractivity contribution in [3.05, 3.63) is 18.2 Å². The van der Waals surface area contributed by atoms with Crippen LogP contribution in [0.15, 0.2) is 12.4 Å². The van der Waals surface area contributed by atoms with Crippen molar-refractivity contribution in [1.29, 1.82) is 0 Å². The first-order valence-electron chi connectivity index (χ1n) is 6.44. The zero-order valence-corrected chi connectivity index (χ0v) is 10.9. The zero-order chi connectivity index (χ0) is 11.8. The SMILES string of the molecule is CCCn1ccnc1CNCCCC(C)C. The van der Waals surface area contributed by atoms with Gasteiger partial charge in [-0.25, -0.2) is 4.98 Å². The molecule has 0 aliphatic heterocycles. The highest BCUT2D eigenvalue weighted by Gasteiger charge is 2.01. The molecule has 16 heavy (non-hydrogen) atoms. The third kappa shape index (κ3) is 4.79. The molecule has 0 aliphatic carbocycles. The molecule has 0 aromatic carbocycles. The van der Waals surface area contributed by atoms with Crippen molar-refractivity contribution >= 4 is 0 Å². The van der Waals surface area contributed by atoms with Gasteiger partial charge in [-0.2, -0.15) is 0 Å². The lowest BCUT2D eigenvalue weighted by Crippen LogP contribution is -2.18. The summed E-state index contributed by atoms with van der Waals surface area (Å²) in [5.41, 5.74) is 0. The molecular formula is C13H25N3. The smallest absolute Gasteiger partial charge is 0.122 e. The fourth-order valence-electron chi connectivity index (χ4n) is 1.79. The molecule has 3 heteroatoms. The van der Waals surface area contributed by atoms with Crippen LogP contribution in [0.5, 0.6) is 0 Å². The molecule has 1 rings (SSSR count). The van der Waals surface area contributed by atoms with E-state index in [1.54, 1.807) is 0 Å². The molecule has 0 bridgehead atoms. The van der Waals surface area contributed by atoms with E-state index in [0.717, 1.165) is 37.8 Å². The number of imidazole rings is 1. The summed E-state index contributed by atoms with van der Waals surface area (Å²) in [6.45, 7) is 9.80. The fraction of sp³-hybridized carbons (Fsp3) is 0.769. The average Bonchev–Trinajstić information content (AvgIpc) is 2.65. The third-order valence-electron chi connectivity index (χ3n) is 2.68. The van der Waals surface area contributed by atoms with Gasteiger partial charge >= 0.3 is 0 Å². The summed E-state index contributed by atoms with van der Waals surface area (Å²) >= 11 is 0. The predicted molar refractivity (Wildman–Crippen MR) is 68.3 cm³/mol. The molecule has 0 unspecified atom stereocenters. The quantitative estimate of drug-likeness (QED) is 0.687. The van der Waals surface area contributed by atoms with Gasteiger partial charge < -0.3 is 9.88 Å². The van der Waals surface area contributed by atoms with Crippen LogP contribution in [0.3, 0.4) is 0 Å². The molecule has 0 aliphatic rings. The molecule has 0 radical (unpaired) electrons. The van der Waals surface area contributed by atoms with E-state index in [1.165, 1.54) is 12.8 Å². The molecule has 0 spiro atoms. The number of hydrogen-bond donors (Lipinski definition) is 1. The van der Waals surface area contributed by atoms with Gasteiger partial charge in [-0.3, -0.25) is 0 Å². The second-order valence-electron chi connectivity index (χ2n) is 4.75. The van der Waals surface area contributed by atoms with Crippen molar-refractivity contribution in [1.82, 2.24) is 14.9 Å². The summed E-state index contributed by atoms with van der Waals surface area (Å²) in [4.78, 5) is 4.37. The number of hydrogen-bond acceptors (Lipinski definition) is 2. The molecule has 0 fully saturated rings. The Labute approximate surface area is 99.3 Å². The lowest BCUT2D eigenvalue weighted by molar-refractivity contribution is 0.516. The Morgan fingerprint density at radius 2 is 2.25 bits per heavy atom. The van der Waals surface area contributed by atoms with Crippen LogP contribution in [0.1, 0.15) is 45.9 Å². The van der Waals surface area contributed by atoms with E-state index < -0.39 is 0 Å². The van der Waals surface area contributed by atoms with Gasteiger partial charge in [0, 0.05) is 18.9 Å². The van der Waals surface area contributed by atoms with E-state index in [9.17, 15) is 0 Å². The van der Waals surface area contributed by atoms with Crippen LogP contribution in [0.4, 0.5) is 0 Å². The van der Waals surface area contributed by atoms with Crippen LogP contribution in [-0.4, -0.2) is 16.1 Å². The van der Waals surface area contributed by atoms with Crippen molar-refractivity contribution in [2.24, 2.45) is 5.92 Å². The summed E-state index contributed by atoms with van der Waals surface area (Å²) in [5.74, 6) is 1.97. The minimum atomic E-state index is 0.809. The topological polar surface area (TPSA) is 29.9 Å². The molecule has 0 saturated heterocycles. The predicted octanol–water partition coefficient (Wildman–Crippen LogP) is 2.82. The van der Waals surface area contributed by atoms with Gasteiger partial charge in [0.05, 0.1) is 6.54 Å². The van der Waals surface area contributed by atoms with Gasteiger partial charge in [0.1, 0.15) is 5.82 Å². The Bertz CT molecular complexity index is 278. The van der Waals surface area contributed by atoms with E-state index in [-0.39, 0.29) is 0 Å². The largest absolute Gasteiger partial charge is 0.334 e. The van der Waals surface area contributed by atoms with Gasteiger partial charge in [0.25, 0.3) is 0 Å². The van der Waals surface area contributed by atoms with Crippen molar-refractivity contribution in [3.8, 4) is 0 Å². The van der Waals surface area contributed by atoms with E-state index in [1.807, 2.05) is 6.20 Å². The standard InChI is InChI=1S/C13H25N3/c1-4-9-16-10-8-15-13(16)11-14-7-5-6-12(2)3/h8,10,12,14H,4-7,9,11H2,1-3H3. The first-order valence-corrected chi connectivity index (χ1v) is 6.44. The summed E-state index contributed by atoms with van der Waals surface area (Å²) in [6.07, 6.45) is 7.68. The van der Waals surface area contributed by atoms with E-state index >= 15 is 0 Å². The number of nitrogens with zero attached hydrogens (tertiary/aromatic N) is 2. The molecule has 1 aromatic heterocycles. The molecule has 1 aromatic rings. The maximum atomic E-state index is 4.37. The molecule has 0 atom stereocenters. The molecule has 0 amide bonds. The van der Waals surface area contributed by atoms with Gasteiger partial charge in [-0.05, 0) is 31.7 Å². The molecular weight excluding hydrogens is 198 g/mol. The van der Waals surface area contributed by atoms with Crippen LogP contribution in [0.25, 0.3) is 0 Å². The van der Waals surface area contributed by atoms with Crippen LogP contribution in [0, 0.1) is 5.92 Å². The van der Waals surface area contributed by atoms with Crippen molar-refractivity contribution in [3.63, 3.8) is 0 Å². The number of rotatable bonds is 8. The number of aromatic nitrogens is 2. The first kappa shape index (κ1) is 13.2. The van der Waals surface area contributed by atoms with Gasteiger partial charge in [-0.15, -0.1) is 0 Å². The Morgan fingerprint density at radius 1 is 1.44 bits per heavy atom. The molecule has 92 valence electrons. The lowest BCUT2D eigenvalue weighted by atomic mass is 10.1. The minimum absolute atomic E-state index is 0.809. The second-order valence-corrected chi connectivity index (χ2v) is 4.75. The summed E-state index contributed by atoms with van der Waals surface area (Å²) in [6, 6.07) is 0. The second kappa shape index (κ2) is 7.44. The fourth-order valence-corrected chi connectivity index (χ4v) is 1.79. The van der Waals surface area contributed by atoms with Crippen LogP contribution < -0.4 is 5.32 Å². The van der Waals surface area contributed by atoms with E-state index in [2.05, 4.69) is 41.8 Å². The zero-order valence-electron chi connectivity index (χ0n) is 10.9. The van der Waals surface area contributed by atoms with Crippen LogP contribution in [-0.2, 0) is 13.1 Å². The summed E-state index contributed by atoms with van der Waals surface area (Å²) in [5, 5.41) is 3.46. The van der Waals surface area contributed by atoms with E-state index in [4.69, 9.17) is 0 Å². The highest BCUT2D eigenvalue weighted by atomic mass is 15.1. The van der Waals surface area contributed by atoms with Gasteiger partial charge in [-0.1, -0.05) is 20.8 Å². The van der Waals surface area contributed by atoms with E-state index in [0.29, 0.717) is 0 Å². The first-order chi connectivity index (χ1) is 7.74. The van der Waals surface area contributed by atoms with Gasteiger partial charge in [0.15, 0.2) is 0 Å². The minimum Gasteiger partial charge on any atom is -0.334 e. The lowest BCUT2D eigenvalue weighted by Gasteiger charge is -2.08. The Morgan fingerprint density at radius 3 is 2.94 bits per heavy atom. The molecule has 3 nitrogen and oxygen atoms in total. The van der Waals surface area contributed by atoms with Crippen LogP contribution >= 0.6 is 0 Å². The Kier molecular flexibility index (Phi) is 6.16. The average molecular weight is 223 g/mol. The number of aryl methyl sites for hydroxylation is 1. The van der Waals surface area contributed by atoms with Crippen LogP contribution in [0.2, 0.25) is 0 Å². The van der Waals surface area contributed by atoms with Crippen molar-refractivity contribution < 1.29 is 0 Å². The number of nitrogens with one attached hydrogen (secondary N) is 1. The normalized spacial score (nSPS) is 11.2. The monoisotopic (exact) mass is 223 g/mol. The Hall–Kier alpha value is -0.830. The molecule has 1 heterocycles. The molecule has 1 N–H and O–H groups in total. The van der Waals surface area contributed by atoms with Gasteiger partial charge in [0.2, 0.25) is 0 Å². The Balaban J connectivity index is 2.18. The highest BCUT2D eigenvalue weighted by molar-refractivity contribution is 4.91. The third-order valence-corrected chi connectivity index (χ3v) is 2.68. The molecule has 0 saturated carbocycles.